The van der Waals surface area contributed by atoms with E-state index in [1.54, 1.807) is 7.11 Å². The summed E-state index contributed by atoms with van der Waals surface area (Å²) in [5, 5.41) is 0. The first-order valence-electron chi connectivity index (χ1n) is 7.65. The number of nitrogens with two attached hydrogens (primary N) is 1. The van der Waals surface area contributed by atoms with E-state index in [-0.39, 0.29) is 5.54 Å². The number of guanidine groups is 1. The minimum atomic E-state index is 0.0360. The zero-order valence-corrected chi connectivity index (χ0v) is 13.6. The van der Waals surface area contributed by atoms with Crippen LogP contribution in [0.1, 0.15) is 32.8 Å². The van der Waals surface area contributed by atoms with Crippen molar-refractivity contribution in [3.8, 4) is 5.75 Å². The molecule has 4 nitrogen and oxygen atoms in total. The summed E-state index contributed by atoms with van der Waals surface area (Å²) < 4.78 is 5.20. The molecule has 0 bridgehead atoms. The monoisotopic (exact) mass is 289 g/mol. The van der Waals surface area contributed by atoms with Crippen LogP contribution in [0.4, 0.5) is 0 Å². The van der Waals surface area contributed by atoms with Gasteiger partial charge in [0.05, 0.1) is 19.2 Å². The van der Waals surface area contributed by atoms with Crippen LogP contribution in [0, 0.1) is 5.92 Å². The molecule has 1 aromatic carbocycles. The third-order valence-electron chi connectivity index (χ3n) is 4.17. The standard InChI is InChI=1S/C17H27N3O/c1-13(2)11-20-16(18)19-12-17(20,3)10-9-14-5-7-15(21-4)8-6-14/h5-8,13H,9-12H2,1-4H3,(H2,18,19). The van der Waals surface area contributed by atoms with Crippen molar-refractivity contribution in [2.24, 2.45) is 16.6 Å². The average Bonchev–Trinajstić information content (AvgIpc) is 2.74. The number of aliphatic imine (C=N–C) groups is 1. The van der Waals surface area contributed by atoms with Crippen LogP contribution in [0.3, 0.4) is 0 Å². The summed E-state index contributed by atoms with van der Waals surface area (Å²) in [4.78, 5) is 6.74. The van der Waals surface area contributed by atoms with Gasteiger partial charge in [-0.3, -0.25) is 4.99 Å². The van der Waals surface area contributed by atoms with Gasteiger partial charge in [-0.25, -0.2) is 0 Å². The highest BCUT2D eigenvalue weighted by Gasteiger charge is 2.37. The fourth-order valence-corrected chi connectivity index (χ4v) is 2.80. The zero-order chi connectivity index (χ0) is 15.5. The van der Waals surface area contributed by atoms with Crippen LogP contribution in [-0.2, 0) is 6.42 Å². The maximum atomic E-state index is 6.07. The second-order valence-electron chi connectivity index (χ2n) is 6.52. The Morgan fingerprint density at radius 3 is 2.57 bits per heavy atom. The summed E-state index contributed by atoms with van der Waals surface area (Å²) >= 11 is 0. The summed E-state index contributed by atoms with van der Waals surface area (Å²) in [7, 11) is 1.69. The van der Waals surface area contributed by atoms with Gasteiger partial charge >= 0.3 is 0 Å². The van der Waals surface area contributed by atoms with Crippen molar-refractivity contribution in [2.75, 3.05) is 20.2 Å². The maximum absolute atomic E-state index is 6.07. The third kappa shape index (κ3) is 3.69. The Morgan fingerprint density at radius 2 is 2.00 bits per heavy atom. The fraction of sp³-hybridized carbons (Fsp3) is 0.588. The lowest BCUT2D eigenvalue weighted by Gasteiger charge is -2.37. The van der Waals surface area contributed by atoms with E-state index in [1.807, 2.05) is 12.1 Å². The molecule has 1 aliphatic rings. The average molecular weight is 289 g/mol. The van der Waals surface area contributed by atoms with Crippen molar-refractivity contribution in [3.63, 3.8) is 0 Å². The van der Waals surface area contributed by atoms with Gasteiger partial charge in [0.1, 0.15) is 5.75 Å². The normalized spacial score (nSPS) is 21.8. The van der Waals surface area contributed by atoms with Gasteiger partial charge in [-0.05, 0) is 43.4 Å². The van der Waals surface area contributed by atoms with E-state index >= 15 is 0 Å². The van der Waals surface area contributed by atoms with Gasteiger partial charge in [0.15, 0.2) is 5.96 Å². The first kappa shape index (κ1) is 15.7. The zero-order valence-electron chi connectivity index (χ0n) is 13.6. The Balaban J connectivity index is 2.00. The largest absolute Gasteiger partial charge is 0.497 e. The molecule has 4 heteroatoms. The van der Waals surface area contributed by atoms with E-state index in [4.69, 9.17) is 10.5 Å². The molecular formula is C17H27N3O. The smallest absolute Gasteiger partial charge is 0.191 e. The fourth-order valence-electron chi connectivity index (χ4n) is 2.80. The Labute approximate surface area is 128 Å². The molecule has 1 atom stereocenters. The molecular weight excluding hydrogens is 262 g/mol. The highest BCUT2D eigenvalue weighted by molar-refractivity contribution is 5.80. The molecule has 0 radical (unpaired) electrons. The molecule has 1 heterocycles. The lowest BCUT2D eigenvalue weighted by molar-refractivity contribution is 0.190. The van der Waals surface area contributed by atoms with Crippen LogP contribution >= 0.6 is 0 Å². The predicted molar refractivity (Wildman–Crippen MR) is 87.8 cm³/mol. The summed E-state index contributed by atoms with van der Waals surface area (Å²) in [6.45, 7) is 8.46. The third-order valence-corrected chi connectivity index (χ3v) is 4.17. The van der Waals surface area contributed by atoms with E-state index in [0.29, 0.717) is 11.9 Å². The second-order valence-corrected chi connectivity index (χ2v) is 6.52. The van der Waals surface area contributed by atoms with Crippen molar-refractivity contribution < 1.29 is 4.74 Å². The molecule has 0 spiro atoms. The first-order chi connectivity index (χ1) is 9.94. The molecule has 116 valence electrons. The highest BCUT2D eigenvalue weighted by Crippen LogP contribution is 2.28. The Hall–Kier alpha value is -1.71. The molecule has 1 aliphatic heterocycles. The van der Waals surface area contributed by atoms with E-state index < -0.39 is 0 Å². The second kappa shape index (κ2) is 6.37. The molecule has 1 aromatic rings. The first-order valence-corrected chi connectivity index (χ1v) is 7.65. The van der Waals surface area contributed by atoms with Crippen molar-refractivity contribution >= 4 is 5.96 Å². The number of rotatable bonds is 6. The van der Waals surface area contributed by atoms with E-state index in [2.05, 4.69) is 42.8 Å². The predicted octanol–water partition coefficient (Wildman–Crippen LogP) is 2.67. The van der Waals surface area contributed by atoms with Crippen molar-refractivity contribution in [3.05, 3.63) is 29.8 Å². The van der Waals surface area contributed by atoms with E-state index in [0.717, 1.165) is 31.7 Å². The minimum Gasteiger partial charge on any atom is -0.497 e. The molecule has 0 aromatic heterocycles. The number of benzene rings is 1. The van der Waals surface area contributed by atoms with Crippen LogP contribution in [-0.4, -0.2) is 36.6 Å². The van der Waals surface area contributed by atoms with Gasteiger partial charge in [-0.2, -0.15) is 0 Å². The number of methoxy groups -OCH3 is 1. The van der Waals surface area contributed by atoms with Crippen LogP contribution in [0.15, 0.2) is 29.3 Å². The van der Waals surface area contributed by atoms with Crippen LogP contribution < -0.4 is 10.5 Å². The molecule has 0 saturated heterocycles. The highest BCUT2D eigenvalue weighted by atomic mass is 16.5. The number of aryl methyl sites for hydroxylation is 1. The van der Waals surface area contributed by atoms with Gasteiger partial charge in [-0.1, -0.05) is 26.0 Å². The Bertz CT molecular complexity index is 495. The quantitative estimate of drug-likeness (QED) is 0.876. The molecule has 2 N–H and O–H groups in total. The van der Waals surface area contributed by atoms with Crippen molar-refractivity contribution in [1.29, 1.82) is 0 Å². The van der Waals surface area contributed by atoms with Crippen LogP contribution in [0.5, 0.6) is 5.75 Å². The maximum Gasteiger partial charge on any atom is 0.191 e. The van der Waals surface area contributed by atoms with E-state index in [1.165, 1.54) is 5.56 Å². The van der Waals surface area contributed by atoms with Gasteiger partial charge < -0.3 is 15.4 Å². The van der Waals surface area contributed by atoms with Gasteiger partial charge in [-0.15, -0.1) is 0 Å². The lowest BCUT2D eigenvalue weighted by atomic mass is 9.91. The van der Waals surface area contributed by atoms with Gasteiger partial charge in [0.25, 0.3) is 0 Å². The summed E-state index contributed by atoms with van der Waals surface area (Å²) in [6, 6.07) is 8.30. The number of nitrogens with zero attached hydrogens (tertiary/aromatic N) is 2. The lowest BCUT2D eigenvalue weighted by Crippen LogP contribution is -2.51. The molecule has 0 amide bonds. The number of hydrogen-bond acceptors (Lipinski definition) is 4. The molecule has 0 aliphatic carbocycles. The SMILES string of the molecule is COc1ccc(CCC2(C)CN=C(N)N2CC(C)C)cc1. The number of ether oxygens (including phenoxy) is 1. The summed E-state index contributed by atoms with van der Waals surface area (Å²) in [5.41, 5.74) is 7.43. The Kier molecular flexibility index (Phi) is 4.76. The topological polar surface area (TPSA) is 50.9 Å². The number of hydrogen-bond donors (Lipinski definition) is 1. The van der Waals surface area contributed by atoms with Crippen LogP contribution in [0.2, 0.25) is 0 Å². The van der Waals surface area contributed by atoms with Gasteiger partial charge in [0.2, 0.25) is 0 Å². The minimum absolute atomic E-state index is 0.0360. The van der Waals surface area contributed by atoms with Gasteiger partial charge in [0, 0.05) is 6.54 Å². The van der Waals surface area contributed by atoms with Crippen molar-refractivity contribution in [2.45, 2.75) is 39.2 Å². The molecule has 0 saturated carbocycles. The van der Waals surface area contributed by atoms with Crippen LogP contribution in [0.25, 0.3) is 0 Å². The molecule has 21 heavy (non-hydrogen) atoms. The summed E-state index contributed by atoms with van der Waals surface area (Å²) in [6.07, 6.45) is 2.08. The van der Waals surface area contributed by atoms with Crippen molar-refractivity contribution in [1.82, 2.24) is 4.90 Å². The molecule has 1 unspecified atom stereocenters. The molecule has 2 rings (SSSR count). The Morgan fingerprint density at radius 1 is 1.33 bits per heavy atom. The molecule has 0 fully saturated rings. The summed E-state index contributed by atoms with van der Waals surface area (Å²) in [5.74, 6) is 2.18. The van der Waals surface area contributed by atoms with E-state index in [9.17, 15) is 0 Å².